The molecule has 0 aliphatic rings. The van der Waals surface area contributed by atoms with Crippen molar-refractivity contribution in [2.24, 2.45) is 0 Å². The van der Waals surface area contributed by atoms with Crippen molar-refractivity contribution < 1.29 is 28.7 Å². The van der Waals surface area contributed by atoms with Gasteiger partial charge in [-0.2, -0.15) is 0 Å². The Bertz CT molecular complexity index is 708. The van der Waals surface area contributed by atoms with Crippen LogP contribution in [0.15, 0.2) is 24.3 Å². The third-order valence-electron chi connectivity index (χ3n) is 3.29. The van der Waals surface area contributed by atoms with E-state index in [1.807, 2.05) is 0 Å². The number of methoxy groups -OCH3 is 1. The van der Waals surface area contributed by atoms with Crippen LogP contribution in [0.1, 0.15) is 50.9 Å². The second-order valence-corrected chi connectivity index (χ2v) is 6.94. The fourth-order valence-corrected chi connectivity index (χ4v) is 2.23. The zero-order valence-corrected chi connectivity index (χ0v) is 16.3. The van der Waals surface area contributed by atoms with Crippen molar-refractivity contribution >= 4 is 29.4 Å². The Hall–Kier alpha value is -2.90. The lowest BCUT2D eigenvalue weighted by atomic mass is 10.1. The number of ether oxygens (including phenoxy) is 2. The number of anilines is 1. The van der Waals surface area contributed by atoms with Gasteiger partial charge in [-0.1, -0.05) is 6.07 Å². The van der Waals surface area contributed by atoms with Crippen LogP contribution in [-0.4, -0.2) is 42.5 Å². The molecule has 1 aromatic rings. The van der Waals surface area contributed by atoms with Crippen molar-refractivity contribution in [1.29, 1.82) is 0 Å². The number of hydrogen-bond donors (Lipinski definition) is 2. The Morgan fingerprint density at radius 3 is 2.37 bits per heavy atom. The Balaban J connectivity index is 2.79. The zero-order valence-electron chi connectivity index (χ0n) is 16.3. The molecule has 0 heterocycles. The normalized spacial score (nSPS) is 11.9. The van der Waals surface area contributed by atoms with Crippen molar-refractivity contribution in [2.45, 2.75) is 52.2 Å². The van der Waals surface area contributed by atoms with Gasteiger partial charge in [0.2, 0.25) is 5.91 Å². The average Bonchev–Trinajstić information content (AvgIpc) is 2.55. The lowest BCUT2D eigenvalue weighted by Gasteiger charge is -2.21. The quantitative estimate of drug-likeness (QED) is 0.703. The Kier molecular flexibility index (Phi) is 7.96. The third kappa shape index (κ3) is 8.35. The molecule has 1 rings (SSSR count). The first kappa shape index (κ1) is 22.1. The summed E-state index contributed by atoms with van der Waals surface area (Å²) >= 11 is 0. The summed E-state index contributed by atoms with van der Waals surface area (Å²) in [6.45, 7) is 6.59. The van der Waals surface area contributed by atoms with Gasteiger partial charge in [0.25, 0.3) is 5.91 Å². The highest BCUT2D eigenvalue weighted by atomic mass is 16.6. The molecule has 27 heavy (non-hydrogen) atoms. The van der Waals surface area contributed by atoms with Crippen molar-refractivity contribution in [3.63, 3.8) is 0 Å². The minimum Gasteiger partial charge on any atom is -0.467 e. The summed E-state index contributed by atoms with van der Waals surface area (Å²) in [6, 6.07) is 5.27. The number of rotatable bonds is 7. The maximum absolute atomic E-state index is 12.4. The minimum atomic E-state index is -1.00. The maximum atomic E-state index is 12.4. The number of carbonyl (C=O) groups excluding carboxylic acids is 4. The van der Waals surface area contributed by atoms with E-state index in [2.05, 4.69) is 10.6 Å². The monoisotopic (exact) mass is 378 g/mol. The molecule has 0 radical (unpaired) electrons. The molecule has 0 aromatic heterocycles. The molecule has 1 atom stereocenters. The molecule has 2 N–H and O–H groups in total. The molecule has 0 unspecified atom stereocenters. The first-order valence-electron chi connectivity index (χ1n) is 8.50. The highest BCUT2D eigenvalue weighted by molar-refractivity contribution is 5.98. The van der Waals surface area contributed by atoms with E-state index in [1.54, 1.807) is 39.0 Å². The average molecular weight is 378 g/mol. The predicted octanol–water partition coefficient (Wildman–Crippen LogP) is 2.04. The molecule has 0 bridgehead atoms. The van der Waals surface area contributed by atoms with Gasteiger partial charge in [0, 0.05) is 24.6 Å². The van der Waals surface area contributed by atoms with Gasteiger partial charge in [-0.25, -0.2) is 4.79 Å². The molecule has 0 saturated heterocycles. The van der Waals surface area contributed by atoms with E-state index in [4.69, 9.17) is 9.47 Å². The molecule has 0 aliphatic carbocycles. The fourth-order valence-electron chi connectivity index (χ4n) is 2.23. The number of amides is 2. The van der Waals surface area contributed by atoms with Gasteiger partial charge >= 0.3 is 11.9 Å². The van der Waals surface area contributed by atoms with Gasteiger partial charge in [0.05, 0.1) is 7.11 Å². The summed E-state index contributed by atoms with van der Waals surface area (Å²) in [5.41, 5.74) is 0.0802. The van der Waals surface area contributed by atoms with Crippen LogP contribution in [-0.2, 0) is 23.9 Å². The Morgan fingerprint density at radius 2 is 1.81 bits per heavy atom. The smallest absolute Gasteiger partial charge is 0.328 e. The second-order valence-electron chi connectivity index (χ2n) is 6.94. The predicted molar refractivity (Wildman–Crippen MR) is 99.1 cm³/mol. The number of nitrogens with one attached hydrogen (secondary N) is 2. The number of hydrogen-bond acceptors (Lipinski definition) is 6. The van der Waals surface area contributed by atoms with Crippen molar-refractivity contribution in [3.8, 4) is 0 Å². The summed E-state index contributed by atoms with van der Waals surface area (Å²) in [5.74, 6) is -1.93. The van der Waals surface area contributed by atoms with E-state index >= 15 is 0 Å². The number of carbonyl (C=O) groups is 4. The van der Waals surface area contributed by atoms with Crippen LogP contribution in [0.25, 0.3) is 0 Å². The summed E-state index contributed by atoms with van der Waals surface area (Å²) < 4.78 is 9.90. The molecular weight excluding hydrogens is 352 g/mol. The molecule has 0 saturated carbocycles. The number of esters is 2. The van der Waals surface area contributed by atoms with Gasteiger partial charge in [-0.15, -0.1) is 0 Å². The first-order chi connectivity index (χ1) is 12.5. The van der Waals surface area contributed by atoms with Gasteiger partial charge in [-0.05, 0) is 45.4 Å². The van der Waals surface area contributed by atoms with E-state index in [9.17, 15) is 19.2 Å². The zero-order chi connectivity index (χ0) is 20.6. The van der Waals surface area contributed by atoms with Crippen LogP contribution >= 0.6 is 0 Å². The fraction of sp³-hybridized carbons (Fsp3) is 0.474. The highest BCUT2D eigenvalue weighted by Crippen LogP contribution is 2.13. The molecular formula is C19H26N2O6. The molecule has 2 amide bonds. The van der Waals surface area contributed by atoms with Gasteiger partial charge < -0.3 is 20.1 Å². The van der Waals surface area contributed by atoms with Gasteiger partial charge in [0.15, 0.2) is 0 Å². The van der Waals surface area contributed by atoms with Crippen LogP contribution in [0, 0.1) is 0 Å². The number of benzene rings is 1. The summed E-state index contributed by atoms with van der Waals surface area (Å²) in [5, 5.41) is 5.13. The lowest BCUT2D eigenvalue weighted by Crippen LogP contribution is -2.42. The van der Waals surface area contributed by atoms with E-state index in [0.29, 0.717) is 5.69 Å². The Labute approximate surface area is 158 Å². The third-order valence-corrected chi connectivity index (χ3v) is 3.29. The first-order valence-corrected chi connectivity index (χ1v) is 8.50. The molecule has 0 fully saturated rings. The van der Waals surface area contributed by atoms with Crippen molar-refractivity contribution in [3.05, 3.63) is 29.8 Å². The van der Waals surface area contributed by atoms with E-state index in [1.165, 1.54) is 20.1 Å². The Morgan fingerprint density at radius 1 is 1.15 bits per heavy atom. The second kappa shape index (κ2) is 9.70. The molecule has 8 nitrogen and oxygen atoms in total. The van der Waals surface area contributed by atoms with E-state index < -0.39 is 29.5 Å². The van der Waals surface area contributed by atoms with Gasteiger partial charge in [-0.3, -0.25) is 14.4 Å². The van der Waals surface area contributed by atoms with Crippen molar-refractivity contribution in [1.82, 2.24) is 5.32 Å². The lowest BCUT2D eigenvalue weighted by molar-refractivity contribution is -0.155. The minimum absolute atomic E-state index is 0.0404. The molecule has 1 aromatic carbocycles. The van der Waals surface area contributed by atoms with Crippen LogP contribution in [0.2, 0.25) is 0 Å². The van der Waals surface area contributed by atoms with Crippen LogP contribution in [0.4, 0.5) is 5.69 Å². The van der Waals surface area contributed by atoms with E-state index in [-0.39, 0.29) is 24.3 Å². The van der Waals surface area contributed by atoms with Crippen molar-refractivity contribution in [2.75, 3.05) is 12.4 Å². The summed E-state index contributed by atoms with van der Waals surface area (Å²) in [4.78, 5) is 47.4. The summed E-state index contributed by atoms with van der Waals surface area (Å²) in [7, 11) is 1.20. The van der Waals surface area contributed by atoms with Crippen LogP contribution in [0.5, 0.6) is 0 Å². The van der Waals surface area contributed by atoms with Crippen LogP contribution in [0.3, 0.4) is 0 Å². The topological polar surface area (TPSA) is 111 Å². The summed E-state index contributed by atoms with van der Waals surface area (Å²) in [6.07, 6.45) is -0.0119. The standard InChI is InChI=1S/C19H26N2O6/c1-12(22)20-14-8-6-7-13(11-14)17(24)21-15(18(25)26-5)9-10-16(23)27-19(2,3)4/h6-8,11,15H,9-10H2,1-5H3,(H,20,22)(H,21,24)/t15-/m0/s1. The largest absolute Gasteiger partial charge is 0.467 e. The molecule has 0 spiro atoms. The molecule has 148 valence electrons. The SMILES string of the molecule is COC(=O)[C@H](CCC(=O)OC(C)(C)C)NC(=O)c1cccc(NC(C)=O)c1. The maximum Gasteiger partial charge on any atom is 0.328 e. The van der Waals surface area contributed by atoms with Crippen LogP contribution < -0.4 is 10.6 Å². The highest BCUT2D eigenvalue weighted by Gasteiger charge is 2.25. The van der Waals surface area contributed by atoms with Gasteiger partial charge in [0.1, 0.15) is 11.6 Å². The van der Waals surface area contributed by atoms with E-state index in [0.717, 1.165) is 0 Å². The molecule has 8 heteroatoms. The molecule has 0 aliphatic heterocycles.